The maximum atomic E-state index is 9.30. The molecule has 1 N–H and O–H groups in total. The van der Waals surface area contributed by atoms with E-state index >= 15 is 0 Å². The van der Waals surface area contributed by atoms with Crippen molar-refractivity contribution in [2.75, 3.05) is 5.33 Å². The first-order valence-corrected chi connectivity index (χ1v) is 5.77. The number of aryl methyl sites for hydroxylation is 1. The van der Waals surface area contributed by atoms with E-state index in [0.29, 0.717) is 5.75 Å². The lowest BCUT2D eigenvalue weighted by Crippen LogP contribution is -1.95. The van der Waals surface area contributed by atoms with Crippen LogP contribution in [0.15, 0.2) is 30.5 Å². The zero-order chi connectivity index (χ0) is 9.97. The number of rotatable bonds is 3. The maximum absolute atomic E-state index is 9.30. The third kappa shape index (κ3) is 1.77. The van der Waals surface area contributed by atoms with E-state index in [-0.39, 0.29) is 0 Å². The smallest absolute Gasteiger partial charge is 0.116 e. The minimum atomic E-state index is 0.329. The highest BCUT2D eigenvalue weighted by Crippen LogP contribution is 2.21. The summed E-state index contributed by atoms with van der Waals surface area (Å²) in [6.07, 6.45) is 3.18. The van der Waals surface area contributed by atoms with Gasteiger partial charge in [-0.2, -0.15) is 0 Å². The second kappa shape index (κ2) is 4.05. The second-order valence-electron chi connectivity index (χ2n) is 3.29. The molecule has 0 spiro atoms. The van der Waals surface area contributed by atoms with Crippen LogP contribution < -0.4 is 0 Å². The Morgan fingerprint density at radius 3 is 2.93 bits per heavy atom. The molecule has 0 aliphatic heterocycles. The van der Waals surface area contributed by atoms with E-state index in [2.05, 4.69) is 26.7 Å². The van der Waals surface area contributed by atoms with Crippen molar-refractivity contribution >= 4 is 26.8 Å². The Morgan fingerprint density at radius 2 is 2.14 bits per heavy atom. The van der Waals surface area contributed by atoms with Crippen molar-refractivity contribution in [3.8, 4) is 5.75 Å². The first kappa shape index (κ1) is 9.59. The van der Waals surface area contributed by atoms with Gasteiger partial charge >= 0.3 is 0 Å². The fourth-order valence-corrected chi connectivity index (χ4v) is 1.86. The number of hydrogen-bond donors (Lipinski definition) is 1. The van der Waals surface area contributed by atoms with Crippen LogP contribution in [-0.4, -0.2) is 15.0 Å². The molecule has 0 radical (unpaired) electrons. The minimum Gasteiger partial charge on any atom is -0.508 e. The Kier molecular flexibility index (Phi) is 2.77. The summed E-state index contributed by atoms with van der Waals surface area (Å²) in [6.45, 7) is 1.01. The molecule has 3 heteroatoms. The minimum absolute atomic E-state index is 0.329. The average Bonchev–Trinajstić information content (AvgIpc) is 2.57. The van der Waals surface area contributed by atoms with E-state index in [9.17, 15) is 5.11 Å². The number of halogens is 1. The van der Waals surface area contributed by atoms with E-state index in [4.69, 9.17) is 0 Å². The molecule has 2 aromatic rings. The van der Waals surface area contributed by atoms with Crippen LogP contribution in [-0.2, 0) is 6.54 Å². The molecule has 1 heterocycles. The first-order valence-electron chi connectivity index (χ1n) is 4.65. The predicted octanol–water partition coefficient (Wildman–Crippen LogP) is 3.13. The van der Waals surface area contributed by atoms with Crippen molar-refractivity contribution in [2.45, 2.75) is 13.0 Å². The van der Waals surface area contributed by atoms with E-state index in [1.54, 1.807) is 12.1 Å². The molecule has 0 saturated heterocycles. The second-order valence-corrected chi connectivity index (χ2v) is 4.09. The summed E-state index contributed by atoms with van der Waals surface area (Å²) in [5, 5.41) is 11.4. The third-order valence-electron chi connectivity index (χ3n) is 2.29. The monoisotopic (exact) mass is 253 g/mol. The third-order valence-corrected chi connectivity index (χ3v) is 2.85. The van der Waals surface area contributed by atoms with E-state index < -0.39 is 0 Å². The molecule has 0 fully saturated rings. The van der Waals surface area contributed by atoms with Gasteiger partial charge in [0.25, 0.3) is 0 Å². The van der Waals surface area contributed by atoms with Crippen LogP contribution in [0.3, 0.4) is 0 Å². The highest BCUT2D eigenvalue weighted by molar-refractivity contribution is 9.09. The molecule has 0 saturated carbocycles. The zero-order valence-electron chi connectivity index (χ0n) is 7.78. The van der Waals surface area contributed by atoms with Gasteiger partial charge in [0.05, 0.1) is 0 Å². The van der Waals surface area contributed by atoms with E-state index in [1.165, 1.54) is 5.52 Å². The van der Waals surface area contributed by atoms with Crippen LogP contribution in [0.5, 0.6) is 5.75 Å². The van der Waals surface area contributed by atoms with Gasteiger partial charge in [0.1, 0.15) is 5.75 Å². The van der Waals surface area contributed by atoms with E-state index in [1.807, 2.05) is 12.1 Å². The summed E-state index contributed by atoms with van der Waals surface area (Å²) in [5.41, 5.74) is 1.18. The van der Waals surface area contributed by atoms with Crippen LogP contribution >= 0.6 is 15.9 Å². The number of phenols is 1. The molecule has 0 bridgehead atoms. The lowest BCUT2D eigenvalue weighted by atomic mass is 10.2. The molecule has 14 heavy (non-hydrogen) atoms. The predicted molar refractivity (Wildman–Crippen MR) is 62.0 cm³/mol. The van der Waals surface area contributed by atoms with Gasteiger partial charge in [0, 0.05) is 29.0 Å². The number of benzene rings is 1. The van der Waals surface area contributed by atoms with Crippen molar-refractivity contribution in [3.05, 3.63) is 30.5 Å². The topological polar surface area (TPSA) is 25.2 Å². The highest BCUT2D eigenvalue weighted by atomic mass is 79.9. The number of phenolic OH excluding ortho intramolecular Hbond substituents is 1. The van der Waals surface area contributed by atoms with Crippen LogP contribution in [0.2, 0.25) is 0 Å². The maximum Gasteiger partial charge on any atom is 0.116 e. The largest absolute Gasteiger partial charge is 0.508 e. The Labute approximate surface area is 91.3 Å². The van der Waals surface area contributed by atoms with Crippen molar-refractivity contribution in [1.82, 2.24) is 4.57 Å². The molecule has 74 valence electrons. The Balaban J connectivity index is 2.37. The van der Waals surface area contributed by atoms with Gasteiger partial charge < -0.3 is 9.67 Å². The normalized spacial score (nSPS) is 10.9. The summed E-state index contributed by atoms with van der Waals surface area (Å²) in [4.78, 5) is 0. The Morgan fingerprint density at radius 1 is 1.29 bits per heavy atom. The molecule has 0 aliphatic rings. The number of nitrogens with zero attached hydrogens (tertiary/aromatic N) is 1. The van der Waals surface area contributed by atoms with Crippen molar-refractivity contribution in [3.63, 3.8) is 0 Å². The average molecular weight is 254 g/mol. The molecular formula is C11H12BrNO. The molecule has 1 aromatic carbocycles. The Hall–Kier alpha value is -0.960. The number of aromatic hydroxyl groups is 1. The molecule has 2 nitrogen and oxygen atoms in total. The van der Waals surface area contributed by atoms with Gasteiger partial charge in [-0.3, -0.25) is 0 Å². The zero-order valence-corrected chi connectivity index (χ0v) is 9.37. The van der Waals surface area contributed by atoms with Gasteiger partial charge in [0.2, 0.25) is 0 Å². The molecule has 0 aliphatic carbocycles. The SMILES string of the molecule is Oc1ccc2c(ccn2CCCBr)c1. The number of aromatic nitrogens is 1. The summed E-state index contributed by atoms with van der Waals surface area (Å²) < 4.78 is 2.20. The molecular weight excluding hydrogens is 242 g/mol. The Bertz CT molecular complexity index is 436. The molecule has 0 unspecified atom stereocenters. The van der Waals surface area contributed by atoms with E-state index in [0.717, 1.165) is 23.7 Å². The summed E-state index contributed by atoms with van der Waals surface area (Å²) in [6, 6.07) is 7.51. The molecule has 0 amide bonds. The van der Waals surface area contributed by atoms with Gasteiger partial charge in [-0.15, -0.1) is 0 Å². The molecule has 0 atom stereocenters. The first-order chi connectivity index (χ1) is 6.81. The van der Waals surface area contributed by atoms with Crippen LogP contribution in [0.1, 0.15) is 6.42 Å². The van der Waals surface area contributed by atoms with Crippen molar-refractivity contribution in [1.29, 1.82) is 0 Å². The summed E-state index contributed by atoms with van der Waals surface area (Å²) in [5.74, 6) is 0.329. The van der Waals surface area contributed by atoms with Crippen LogP contribution in [0.25, 0.3) is 10.9 Å². The fourth-order valence-electron chi connectivity index (χ4n) is 1.61. The van der Waals surface area contributed by atoms with Crippen LogP contribution in [0.4, 0.5) is 0 Å². The van der Waals surface area contributed by atoms with Crippen molar-refractivity contribution in [2.24, 2.45) is 0 Å². The van der Waals surface area contributed by atoms with Gasteiger partial charge in [0.15, 0.2) is 0 Å². The summed E-state index contributed by atoms with van der Waals surface area (Å²) in [7, 11) is 0. The number of hydrogen-bond acceptors (Lipinski definition) is 1. The molecule has 2 rings (SSSR count). The van der Waals surface area contributed by atoms with Gasteiger partial charge in [-0.25, -0.2) is 0 Å². The van der Waals surface area contributed by atoms with Crippen molar-refractivity contribution < 1.29 is 5.11 Å². The molecule has 1 aromatic heterocycles. The van der Waals surface area contributed by atoms with Crippen LogP contribution in [0, 0.1) is 0 Å². The number of alkyl halides is 1. The number of fused-ring (bicyclic) bond motifs is 1. The van der Waals surface area contributed by atoms with Gasteiger partial charge in [-0.05, 0) is 30.7 Å². The summed E-state index contributed by atoms with van der Waals surface area (Å²) >= 11 is 3.42. The lowest BCUT2D eigenvalue weighted by Gasteiger charge is -2.03. The lowest BCUT2D eigenvalue weighted by molar-refractivity contribution is 0.476. The fraction of sp³-hybridized carbons (Fsp3) is 0.273. The highest BCUT2D eigenvalue weighted by Gasteiger charge is 2.00. The van der Waals surface area contributed by atoms with Gasteiger partial charge in [-0.1, -0.05) is 15.9 Å². The quantitative estimate of drug-likeness (QED) is 0.836. The standard InChI is InChI=1S/C11H12BrNO/c12-5-1-6-13-7-4-9-8-10(14)2-3-11(9)13/h2-4,7-8,14H,1,5-6H2.